The predicted molar refractivity (Wildman–Crippen MR) is 116 cm³/mol. The molecule has 4 rings (SSSR count). The van der Waals surface area contributed by atoms with E-state index in [9.17, 15) is 9.59 Å². The number of benzene rings is 1. The zero-order valence-electron chi connectivity index (χ0n) is 17.8. The summed E-state index contributed by atoms with van der Waals surface area (Å²) in [6.07, 6.45) is 7.13. The SMILES string of the molecule is Cc1nn(C)cc1NC(=O)CN1[C@H](Cc2ccccc2)C[C@H]2NC(=O)CCCC[C@@H]21. The number of anilines is 1. The molecule has 2 amide bonds. The lowest BCUT2D eigenvalue weighted by Gasteiger charge is -2.32. The molecule has 2 saturated heterocycles. The summed E-state index contributed by atoms with van der Waals surface area (Å²) >= 11 is 0. The van der Waals surface area contributed by atoms with E-state index >= 15 is 0 Å². The molecular formula is C23H31N5O2. The zero-order valence-corrected chi connectivity index (χ0v) is 17.8. The zero-order chi connectivity index (χ0) is 21.1. The number of aryl methyl sites for hydroxylation is 2. The van der Waals surface area contributed by atoms with Crippen molar-refractivity contribution in [3.63, 3.8) is 0 Å². The fraction of sp³-hybridized carbons (Fsp3) is 0.522. The minimum absolute atomic E-state index is 0.0294. The van der Waals surface area contributed by atoms with Crippen molar-refractivity contribution in [2.24, 2.45) is 7.05 Å². The van der Waals surface area contributed by atoms with Gasteiger partial charge in [-0.05, 0) is 38.2 Å². The van der Waals surface area contributed by atoms with E-state index in [4.69, 9.17) is 0 Å². The number of nitrogens with one attached hydrogen (secondary N) is 2. The molecule has 1 aromatic heterocycles. The number of likely N-dealkylation sites (tertiary alicyclic amines) is 1. The lowest BCUT2D eigenvalue weighted by molar-refractivity contribution is -0.122. The highest BCUT2D eigenvalue weighted by Crippen LogP contribution is 2.31. The molecule has 2 aliphatic heterocycles. The Morgan fingerprint density at radius 1 is 1.27 bits per heavy atom. The van der Waals surface area contributed by atoms with Crippen LogP contribution in [-0.4, -0.2) is 51.2 Å². The summed E-state index contributed by atoms with van der Waals surface area (Å²) in [6.45, 7) is 2.22. The number of hydrogen-bond donors (Lipinski definition) is 2. The van der Waals surface area contributed by atoms with Crippen LogP contribution in [-0.2, 0) is 23.1 Å². The molecule has 0 bridgehead atoms. The quantitative estimate of drug-likeness (QED) is 0.795. The Kier molecular flexibility index (Phi) is 6.18. The van der Waals surface area contributed by atoms with E-state index in [2.05, 4.69) is 44.9 Å². The largest absolute Gasteiger partial charge is 0.352 e. The average molecular weight is 410 g/mol. The summed E-state index contributed by atoms with van der Waals surface area (Å²) in [5.74, 6) is 0.110. The summed E-state index contributed by atoms with van der Waals surface area (Å²) < 4.78 is 1.71. The number of carbonyl (C=O) groups is 2. The first kappa shape index (κ1) is 20.6. The average Bonchev–Trinajstić information content (AvgIpc) is 3.16. The van der Waals surface area contributed by atoms with Gasteiger partial charge in [0, 0.05) is 37.8 Å². The van der Waals surface area contributed by atoms with Gasteiger partial charge in [-0.3, -0.25) is 19.2 Å². The first-order chi connectivity index (χ1) is 14.5. The highest BCUT2D eigenvalue weighted by molar-refractivity contribution is 5.92. The van der Waals surface area contributed by atoms with Gasteiger partial charge in [0.2, 0.25) is 11.8 Å². The molecule has 2 aliphatic rings. The first-order valence-corrected chi connectivity index (χ1v) is 10.9. The second-order valence-corrected chi connectivity index (χ2v) is 8.59. The van der Waals surface area contributed by atoms with Gasteiger partial charge in [-0.25, -0.2) is 0 Å². The van der Waals surface area contributed by atoms with Gasteiger partial charge in [-0.15, -0.1) is 0 Å². The number of nitrogens with zero attached hydrogens (tertiary/aromatic N) is 3. The number of aromatic nitrogens is 2. The van der Waals surface area contributed by atoms with Crippen LogP contribution in [0.4, 0.5) is 5.69 Å². The van der Waals surface area contributed by atoms with Gasteiger partial charge in [0.15, 0.2) is 0 Å². The van der Waals surface area contributed by atoms with Crippen LogP contribution in [0.25, 0.3) is 0 Å². The van der Waals surface area contributed by atoms with Crippen molar-refractivity contribution in [3.05, 3.63) is 47.8 Å². The van der Waals surface area contributed by atoms with E-state index in [1.54, 1.807) is 4.68 Å². The Bertz CT molecular complexity index is 894. The first-order valence-electron chi connectivity index (χ1n) is 10.9. The van der Waals surface area contributed by atoms with Gasteiger partial charge in [0.05, 0.1) is 17.9 Å². The number of amides is 2. The smallest absolute Gasteiger partial charge is 0.238 e. The molecule has 7 heteroatoms. The van der Waals surface area contributed by atoms with Crippen LogP contribution in [0.2, 0.25) is 0 Å². The van der Waals surface area contributed by atoms with Crippen molar-refractivity contribution >= 4 is 17.5 Å². The van der Waals surface area contributed by atoms with Crippen LogP contribution in [0.3, 0.4) is 0 Å². The molecule has 0 unspecified atom stereocenters. The Morgan fingerprint density at radius 3 is 2.80 bits per heavy atom. The van der Waals surface area contributed by atoms with E-state index < -0.39 is 0 Å². The molecule has 1 aromatic carbocycles. The van der Waals surface area contributed by atoms with Gasteiger partial charge < -0.3 is 10.6 Å². The molecule has 0 spiro atoms. The van der Waals surface area contributed by atoms with Crippen LogP contribution < -0.4 is 10.6 Å². The van der Waals surface area contributed by atoms with Crippen molar-refractivity contribution in [1.82, 2.24) is 20.0 Å². The molecule has 7 nitrogen and oxygen atoms in total. The third-order valence-electron chi connectivity index (χ3n) is 6.31. The molecular weight excluding hydrogens is 378 g/mol. The standard InChI is InChI=1S/C23H31N5O2/c1-16-20(14-27(2)26-16)25-23(30)15-28-18(12-17-8-4-3-5-9-17)13-19-21(28)10-6-7-11-22(29)24-19/h3-5,8-9,14,18-19,21H,6-7,10-13,15H2,1-2H3,(H,24,29)(H,25,30)/t18-,19-,21+/m1/s1. The molecule has 3 atom stereocenters. The topological polar surface area (TPSA) is 79.3 Å². The molecule has 3 heterocycles. The normalized spacial score (nSPS) is 24.6. The number of carbonyl (C=O) groups excluding carboxylic acids is 2. The van der Waals surface area contributed by atoms with Crippen LogP contribution in [0.1, 0.15) is 43.4 Å². The Labute approximate surface area is 177 Å². The summed E-state index contributed by atoms with van der Waals surface area (Å²) in [7, 11) is 1.85. The molecule has 2 N–H and O–H groups in total. The molecule has 2 aromatic rings. The highest BCUT2D eigenvalue weighted by atomic mass is 16.2. The van der Waals surface area contributed by atoms with Crippen LogP contribution >= 0.6 is 0 Å². The lowest BCUT2D eigenvalue weighted by atomic mass is 9.97. The maximum Gasteiger partial charge on any atom is 0.238 e. The Hall–Kier alpha value is -2.67. The maximum atomic E-state index is 12.9. The Morgan fingerprint density at radius 2 is 2.07 bits per heavy atom. The molecule has 160 valence electrons. The second kappa shape index (κ2) is 9.00. The van der Waals surface area contributed by atoms with Crippen molar-refractivity contribution in [2.45, 2.75) is 63.6 Å². The van der Waals surface area contributed by atoms with Gasteiger partial charge >= 0.3 is 0 Å². The number of fused-ring (bicyclic) bond motifs is 1. The van der Waals surface area contributed by atoms with Gasteiger partial charge in [-0.2, -0.15) is 5.10 Å². The monoisotopic (exact) mass is 409 g/mol. The summed E-state index contributed by atoms with van der Waals surface area (Å²) in [5.41, 5.74) is 2.82. The van der Waals surface area contributed by atoms with E-state index in [1.165, 1.54) is 5.56 Å². The number of rotatable bonds is 5. The predicted octanol–water partition coefficient (Wildman–Crippen LogP) is 2.41. The van der Waals surface area contributed by atoms with E-state index in [1.807, 2.05) is 26.2 Å². The minimum Gasteiger partial charge on any atom is -0.352 e. The van der Waals surface area contributed by atoms with Gasteiger partial charge in [0.25, 0.3) is 0 Å². The van der Waals surface area contributed by atoms with Crippen LogP contribution in [0.15, 0.2) is 36.5 Å². The second-order valence-electron chi connectivity index (χ2n) is 8.59. The van der Waals surface area contributed by atoms with Crippen molar-refractivity contribution < 1.29 is 9.59 Å². The van der Waals surface area contributed by atoms with Crippen LogP contribution in [0, 0.1) is 6.92 Å². The van der Waals surface area contributed by atoms with Crippen LogP contribution in [0.5, 0.6) is 0 Å². The van der Waals surface area contributed by atoms with Crippen molar-refractivity contribution in [2.75, 3.05) is 11.9 Å². The summed E-state index contributed by atoms with van der Waals surface area (Å²) in [5, 5.41) is 10.6. The minimum atomic E-state index is -0.0294. The number of hydrogen-bond acceptors (Lipinski definition) is 4. The molecule has 30 heavy (non-hydrogen) atoms. The van der Waals surface area contributed by atoms with Gasteiger partial charge in [0.1, 0.15) is 0 Å². The summed E-state index contributed by atoms with van der Waals surface area (Å²) in [6, 6.07) is 10.9. The molecule has 0 saturated carbocycles. The van der Waals surface area contributed by atoms with Crippen molar-refractivity contribution in [3.8, 4) is 0 Å². The fourth-order valence-electron chi connectivity index (χ4n) is 4.94. The molecule has 0 aliphatic carbocycles. The van der Waals surface area contributed by atoms with Gasteiger partial charge in [-0.1, -0.05) is 36.8 Å². The third kappa shape index (κ3) is 4.73. The summed E-state index contributed by atoms with van der Waals surface area (Å²) in [4.78, 5) is 27.5. The van der Waals surface area contributed by atoms with E-state index in [-0.39, 0.29) is 29.9 Å². The lowest BCUT2D eigenvalue weighted by Crippen LogP contribution is -2.48. The van der Waals surface area contributed by atoms with Crippen molar-refractivity contribution in [1.29, 1.82) is 0 Å². The van der Waals surface area contributed by atoms with E-state index in [0.717, 1.165) is 43.5 Å². The maximum absolute atomic E-state index is 12.9. The van der Waals surface area contributed by atoms with E-state index in [0.29, 0.717) is 13.0 Å². The molecule has 2 fully saturated rings. The third-order valence-corrected chi connectivity index (χ3v) is 6.31. The fourth-order valence-corrected chi connectivity index (χ4v) is 4.94. The molecule has 0 radical (unpaired) electrons. The highest BCUT2D eigenvalue weighted by Gasteiger charge is 2.42. The Balaban J connectivity index is 1.52.